The molecule has 0 spiro atoms. The van der Waals surface area contributed by atoms with Gasteiger partial charge in [-0.1, -0.05) is 44.2 Å². The number of fused-ring (bicyclic) bond motifs is 1. The number of aromatic hydroxyl groups is 1. The van der Waals surface area contributed by atoms with Gasteiger partial charge >= 0.3 is 11.9 Å². The lowest BCUT2D eigenvalue weighted by molar-refractivity contribution is -0.147. The summed E-state index contributed by atoms with van der Waals surface area (Å²) in [5.41, 5.74) is 8.06. The first-order chi connectivity index (χ1) is 20.3. The normalized spacial score (nSPS) is 14.0. The Morgan fingerprint density at radius 3 is 2.00 bits per heavy atom. The van der Waals surface area contributed by atoms with Crippen molar-refractivity contribution in [2.24, 2.45) is 11.7 Å². The van der Waals surface area contributed by atoms with E-state index in [1.807, 2.05) is 32.0 Å². The Hall–Kier alpha value is -4.91. The molecule has 0 aliphatic heterocycles. The van der Waals surface area contributed by atoms with Crippen molar-refractivity contribution in [3.05, 3.63) is 65.9 Å². The predicted octanol–water partition coefficient (Wildman–Crippen LogP) is 1.05. The second-order valence-corrected chi connectivity index (χ2v) is 10.8. The number of hydrogen-bond donors (Lipinski definition) is 8. The summed E-state index contributed by atoms with van der Waals surface area (Å²) in [7, 11) is 0. The number of hydrogen-bond acceptors (Lipinski definition) is 7. The van der Waals surface area contributed by atoms with E-state index >= 15 is 0 Å². The Kier molecular flexibility index (Phi) is 11.2. The molecule has 4 atom stereocenters. The van der Waals surface area contributed by atoms with Crippen LogP contribution >= 0.6 is 0 Å². The average molecular weight is 596 g/mol. The third-order valence-corrected chi connectivity index (χ3v) is 6.80. The van der Waals surface area contributed by atoms with Crippen LogP contribution in [0, 0.1) is 5.92 Å². The molecule has 3 amide bonds. The molecule has 0 aliphatic rings. The first-order valence-electron chi connectivity index (χ1n) is 13.8. The Labute approximate surface area is 247 Å². The summed E-state index contributed by atoms with van der Waals surface area (Å²) in [5, 5.41) is 36.5. The lowest BCUT2D eigenvalue weighted by atomic mass is 10.00. The van der Waals surface area contributed by atoms with E-state index in [9.17, 15) is 34.2 Å². The predicted molar refractivity (Wildman–Crippen MR) is 157 cm³/mol. The molecule has 4 unspecified atom stereocenters. The Morgan fingerprint density at radius 2 is 1.40 bits per heavy atom. The van der Waals surface area contributed by atoms with Gasteiger partial charge in [0.05, 0.1) is 12.5 Å². The van der Waals surface area contributed by atoms with E-state index in [0.717, 1.165) is 10.9 Å². The van der Waals surface area contributed by atoms with Crippen LogP contribution in [0.3, 0.4) is 0 Å². The van der Waals surface area contributed by atoms with Gasteiger partial charge in [-0.2, -0.15) is 0 Å². The number of carbonyl (C=O) groups excluding carboxylic acids is 3. The molecule has 0 bridgehead atoms. The van der Waals surface area contributed by atoms with Gasteiger partial charge in [0.1, 0.15) is 23.9 Å². The Bertz CT molecular complexity index is 1450. The number of H-pyrrole nitrogens is 1. The van der Waals surface area contributed by atoms with Crippen molar-refractivity contribution in [1.29, 1.82) is 0 Å². The molecule has 3 aromatic rings. The van der Waals surface area contributed by atoms with Crippen LogP contribution in [0.4, 0.5) is 0 Å². The van der Waals surface area contributed by atoms with Crippen molar-refractivity contribution in [3.63, 3.8) is 0 Å². The highest BCUT2D eigenvalue weighted by Crippen LogP contribution is 2.20. The number of carbonyl (C=O) groups is 5. The number of para-hydroxylation sites is 1. The van der Waals surface area contributed by atoms with Gasteiger partial charge in [0.25, 0.3) is 0 Å². The number of aliphatic carboxylic acids is 2. The molecule has 0 fully saturated rings. The van der Waals surface area contributed by atoms with Gasteiger partial charge in [0, 0.05) is 29.9 Å². The molecule has 0 saturated carbocycles. The summed E-state index contributed by atoms with van der Waals surface area (Å²) in [4.78, 5) is 65.9. The molecule has 1 aromatic heterocycles. The highest BCUT2D eigenvalue weighted by atomic mass is 16.4. The molecular formula is C30H37N5O8. The topological polar surface area (TPSA) is 224 Å². The fourth-order valence-electron chi connectivity index (χ4n) is 4.62. The Balaban J connectivity index is 1.91. The van der Waals surface area contributed by atoms with Crippen LogP contribution in [0.5, 0.6) is 5.75 Å². The summed E-state index contributed by atoms with van der Waals surface area (Å²) < 4.78 is 0. The molecule has 1 heterocycles. The zero-order chi connectivity index (χ0) is 31.7. The Morgan fingerprint density at radius 1 is 0.814 bits per heavy atom. The number of amides is 3. The van der Waals surface area contributed by atoms with Crippen LogP contribution in [0.1, 0.15) is 37.8 Å². The van der Waals surface area contributed by atoms with Crippen molar-refractivity contribution < 1.29 is 39.3 Å². The van der Waals surface area contributed by atoms with Gasteiger partial charge in [-0.3, -0.25) is 19.2 Å². The van der Waals surface area contributed by atoms with Gasteiger partial charge < -0.3 is 42.0 Å². The highest BCUT2D eigenvalue weighted by Gasteiger charge is 2.32. The SMILES string of the molecule is CC(C)CC(N)C(=O)NC(Cc1ccc(O)cc1)C(=O)NC(Cc1c[nH]c2ccccc12)C(=O)NC(CC(=O)O)C(=O)O. The van der Waals surface area contributed by atoms with Gasteiger partial charge in [0.2, 0.25) is 17.7 Å². The molecule has 0 radical (unpaired) electrons. The minimum Gasteiger partial charge on any atom is -0.508 e. The van der Waals surface area contributed by atoms with Crippen molar-refractivity contribution in [2.45, 2.75) is 63.7 Å². The van der Waals surface area contributed by atoms with Crippen LogP contribution in [0.15, 0.2) is 54.7 Å². The van der Waals surface area contributed by atoms with E-state index in [-0.39, 0.29) is 24.5 Å². The molecule has 0 saturated heterocycles. The highest BCUT2D eigenvalue weighted by molar-refractivity contribution is 5.95. The summed E-state index contributed by atoms with van der Waals surface area (Å²) in [5.74, 6) is -5.09. The maximum atomic E-state index is 13.7. The number of aromatic amines is 1. The number of aromatic nitrogens is 1. The van der Waals surface area contributed by atoms with E-state index in [2.05, 4.69) is 20.9 Å². The zero-order valence-corrected chi connectivity index (χ0v) is 23.9. The first kappa shape index (κ1) is 32.6. The van der Waals surface area contributed by atoms with E-state index < -0.39 is 60.2 Å². The smallest absolute Gasteiger partial charge is 0.326 e. The maximum absolute atomic E-state index is 13.7. The van der Waals surface area contributed by atoms with Crippen LogP contribution in [-0.2, 0) is 36.8 Å². The molecule has 43 heavy (non-hydrogen) atoms. The summed E-state index contributed by atoms with van der Waals surface area (Å²) in [6.45, 7) is 3.80. The van der Waals surface area contributed by atoms with E-state index in [0.29, 0.717) is 17.5 Å². The fourth-order valence-corrected chi connectivity index (χ4v) is 4.62. The van der Waals surface area contributed by atoms with Crippen LogP contribution in [-0.4, -0.2) is 74.1 Å². The van der Waals surface area contributed by atoms with E-state index in [1.54, 1.807) is 24.4 Å². The largest absolute Gasteiger partial charge is 0.508 e. The van der Waals surface area contributed by atoms with Crippen molar-refractivity contribution in [1.82, 2.24) is 20.9 Å². The number of carboxylic acid groups (broad SMARTS) is 2. The quantitative estimate of drug-likeness (QED) is 0.125. The molecule has 0 aliphatic carbocycles. The molecule has 230 valence electrons. The lowest BCUT2D eigenvalue weighted by Crippen LogP contribution is -2.58. The first-order valence-corrected chi connectivity index (χ1v) is 13.8. The van der Waals surface area contributed by atoms with E-state index in [1.165, 1.54) is 12.1 Å². The monoisotopic (exact) mass is 595 g/mol. The van der Waals surface area contributed by atoms with Crippen LogP contribution in [0.25, 0.3) is 10.9 Å². The molecule has 13 nitrogen and oxygen atoms in total. The van der Waals surface area contributed by atoms with Crippen LogP contribution in [0.2, 0.25) is 0 Å². The maximum Gasteiger partial charge on any atom is 0.326 e. The third-order valence-electron chi connectivity index (χ3n) is 6.80. The van der Waals surface area contributed by atoms with Crippen LogP contribution < -0.4 is 21.7 Å². The minimum atomic E-state index is -1.74. The number of phenols is 1. The number of nitrogens with two attached hydrogens (primary N) is 1. The second-order valence-electron chi connectivity index (χ2n) is 10.8. The molecule has 2 aromatic carbocycles. The molecule has 13 heteroatoms. The van der Waals surface area contributed by atoms with Gasteiger partial charge in [-0.15, -0.1) is 0 Å². The number of phenolic OH excluding ortho intramolecular Hbond substituents is 1. The van der Waals surface area contributed by atoms with Gasteiger partial charge in [-0.05, 0) is 41.7 Å². The molecule has 3 rings (SSSR count). The fraction of sp³-hybridized carbons (Fsp3) is 0.367. The van der Waals surface area contributed by atoms with Crippen molar-refractivity contribution in [2.75, 3.05) is 0 Å². The summed E-state index contributed by atoms with van der Waals surface area (Å²) in [6, 6.07) is 8.09. The molecule has 9 N–H and O–H groups in total. The van der Waals surface area contributed by atoms with Gasteiger partial charge in [-0.25, -0.2) is 4.79 Å². The lowest BCUT2D eigenvalue weighted by Gasteiger charge is -2.25. The van der Waals surface area contributed by atoms with Crippen molar-refractivity contribution >= 4 is 40.6 Å². The third kappa shape index (κ3) is 9.57. The van der Waals surface area contributed by atoms with Crippen molar-refractivity contribution in [3.8, 4) is 5.75 Å². The standard InChI is InChI=1S/C30H37N5O8/c1-16(2)11-21(31)27(39)33-23(12-17-7-9-19(36)10-8-17)28(40)34-24(29(41)35-25(30(42)43)14-26(37)38)13-18-15-32-22-6-4-3-5-20(18)22/h3-10,15-16,21,23-25,32,36H,11-14,31H2,1-2H3,(H,33,39)(H,34,40)(H,35,41)(H,37,38)(H,42,43). The number of carboxylic acids is 2. The number of nitrogens with one attached hydrogen (secondary N) is 4. The average Bonchev–Trinajstić information content (AvgIpc) is 3.35. The van der Waals surface area contributed by atoms with Gasteiger partial charge in [0.15, 0.2) is 0 Å². The minimum absolute atomic E-state index is 0.00948. The number of rotatable bonds is 15. The second kappa shape index (κ2) is 14.8. The summed E-state index contributed by atoms with van der Waals surface area (Å²) >= 11 is 0. The summed E-state index contributed by atoms with van der Waals surface area (Å²) in [6.07, 6.45) is 1.06. The number of benzene rings is 2. The molecular weight excluding hydrogens is 558 g/mol. The van der Waals surface area contributed by atoms with E-state index in [4.69, 9.17) is 10.8 Å². The zero-order valence-electron chi connectivity index (χ0n) is 23.9.